The first-order valence-corrected chi connectivity index (χ1v) is 10.7. The molecule has 0 saturated carbocycles. The second-order valence-corrected chi connectivity index (χ2v) is 7.05. The molecule has 144 valence electrons. The van der Waals surface area contributed by atoms with E-state index >= 15 is 0 Å². The molecular weight excluding hydrogens is 328 g/mol. The summed E-state index contributed by atoms with van der Waals surface area (Å²) < 4.78 is 2.57. The highest BCUT2D eigenvalue weighted by Gasteiger charge is 2.27. The predicted octanol–water partition coefficient (Wildman–Crippen LogP) is 6.74. The van der Waals surface area contributed by atoms with Gasteiger partial charge in [0.05, 0.1) is 5.69 Å². The van der Waals surface area contributed by atoms with Gasteiger partial charge < -0.3 is 9.47 Å². The van der Waals surface area contributed by atoms with E-state index in [2.05, 4.69) is 59.7 Å². The lowest BCUT2D eigenvalue weighted by Crippen LogP contribution is -2.25. The van der Waals surface area contributed by atoms with Crippen molar-refractivity contribution in [1.82, 2.24) is 4.57 Å². The Kier molecular flexibility index (Phi) is 5.94. The molecule has 2 aromatic carbocycles. The number of hydrogen-bond donors (Lipinski definition) is 0. The maximum Gasteiger partial charge on any atom is 0.0542 e. The second-order valence-electron chi connectivity index (χ2n) is 7.05. The zero-order valence-electron chi connectivity index (χ0n) is 17.9. The van der Waals surface area contributed by atoms with Crippen molar-refractivity contribution in [2.75, 3.05) is 18.0 Å². The number of aromatic nitrogens is 1. The normalized spacial score (nSPS) is 14.2. The van der Waals surface area contributed by atoms with Crippen LogP contribution in [-0.2, 0) is 13.0 Å². The Morgan fingerprint density at radius 1 is 0.852 bits per heavy atom. The largest absolute Gasteiger partial charge is 0.370 e. The van der Waals surface area contributed by atoms with E-state index in [4.69, 9.17) is 0 Å². The highest BCUT2D eigenvalue weighted by molar-refractivity contribution is 5.95. The summed E-state index contributed by atoms with van der Waals surface area (Å²) in [6.45, 7) is 16.0. The lowest BCUT2D eigenvalue weighted by Gasteiger charge is -2.26. The topological polar surface area (TPSA) is 8.17 Å². The zero-order valence-corrected chi connectivity index (χ0v) is 17.9. The smallest absolute Gasteiger partial charge is 0.0542 e. The number of para-hydroxylation sites is 1. The van der Waals surface area contributed by atoms with Crippen LogP contribution in [0.5, 0.6) is 0 Å². The van der Waals surface area contributed by atoms with Crippen molar-refractivity contribution in [2.24, 2.45) is 0 Å². The first-order chi connectivity index (χ1) is 13.2. The zero-order chi connectivity index (χ0) is 19.6. The fourth-order valence-corrected chi connectivity index (χ4v) is 4.58. The third-order valence-corrected chi connectivity index (χ3v) is 5.62. The highest BCUT2D eigenvalue weighted by Crippen LogP contribution is 2.43. The summed E-state index contributed by atoms with van der Waals surface area (Å²) in [6.07, 6.45) is 2.42. The van der Waals surface area contributed by atoms with Crippen molar-refractivity contribution >= 4 is 16.6 Å². The van der Waals surface area contributed by atoms with E-state index in [1.165, 1.54) is 70.5 Å². The third-order valence-electron chi connectivity index (χ3n) is 5.62. The summed E-state index contributed by atoms with van der Waals surface area (Å²) in [7, 11) is 0. The van der Waals surface area contributed by atoms with Crippen molar-refractivity contribution in [3.05, 3.63) is 53.1 Å². The van der Waals surface area contributed by atoms with Crippen molar-refractivity contribution in [2.45, 2.75) is 60.9 Å². The number of hydrogen-bond acceptors (Lipinski definition) is 1. The SMILES string of the molecule is CC.CC.Cc1ccc2c(C)c3n(c2c1)CCCN1CCc2cccc-3c21. The Morgan fingerprint density at radius 2 is 1.63 bits per heavy atom. The molecule has 0 bridgehead atoms. The molecule has 0 N–H and O–H groups in total. The molecule has 0 atom stereocenters. The molecule has 0 unspecified atom stereocenters. The van der Waals surface area contributed by atoms with E-state index in [0.717, 1.165) is 6.54 Å². The maximum absolute atomic E-state index is 2.61. The standard InChI is InChI=1S/C21H22N2.2C2H6/c1-14-7-8-17-15(2)20-18-6-3-5-16-9-12-22(21(16)18)10-4-11-23(20)19(17)13-14;2*1-2/h3,5-8,13H,4,9-12H2,1-2H3;2*1-2H3. The lowest BCUT2D eigenvalue weighted by molar-refractivity contribution is 0.642. The Morgan fingerprint density at radius 3 is 2.41 bits per heavy atom. The van der Waals surface area contributed by atoms with Crippen LogP contribution in [-0.4, -0.2) is 17.7 Å². The minimum Gasteiger partial charge on any atom is -0.370 e. The van der Waals surface area contributed by atoms with Gasteiger partial charge in [-0.25, -0.2) is 0 Å². The van der Waals surface area contributed by atoms with Crippen LogP contribution in [0.4, 0.5) is 5.69 Å². The van der Waals surface area contributed by atoms with Gasteiger partial charge in [-0.3, -0.25) is 0 Å². The lowest BCUT2D eigenvalue weighted by atomic mass is 10.0. The minimum atomic E-state index is 1.11. The monoisotopic (exact) mass is 362 g/mol. The average molecular weight is 363 g/mol. The van der Waals surface area contributed by atoms with Crippen LogP contribution in [0.1, 0.15) is 50.8 Å². The van der Waals surface area contributed by atoms with Gasteiger partial charge in [-0.15, -0.1) is 0 Å². The summed E-state index contributed by atoms with van der Waals surface area (Å²) in [5.41, 5.74) is 10.1. The number of aryl methyl sites for hydroxylation is 3. The first kappa shape index (κ1) is 19.5. The first-order valence-electron chi connectivity index (χ1n) is 10.7. The Labute approximate surface area is 164 Å². The molecule has 2 aliphatic heterocycles. The van der Waals surface area contributed by atoms with Crippen LogP contribution < -0.4 is 4.90 Å². The fraction of sp³-hybridized carbons (Fsp3) is 0.440. The molecule has 0 radical (unpaired) electrons. The second kappa shape index (κ2) is 8.21. The molecule has 27 heavy (non-hydrogen) atoms. The molecule has 0 amide bonds. The number of rotatable bonds is 0. The van der Waals surface area contributed by atoms with Gasteiger partial charge in [-0.2, -0.15) is 0 Å². The molecule has 2 nitrogen and oxygen atoms in total. The number of anilines is 1. The quantitative estimate of drug-likeness (QED) is 0.430. The Balaban J connectivity index is 0.000000495. The van der Waals surface area contributed by atoms with Gasteiger partial charge in [-0.1, -0.05) is 58.0 Å². The fourth-order valence-electron chi connectivity index (χ4n) is 4.58. The highest BCUT2D eigenvalue weighted by atomic mass is 15.2. The predicted molar refractivity (Wildman–Crippen MR) is 120 cm³/mol. The van der Waals surface area contributed by atoms with Gasteiger partial charge in [0.2, 0.25) is 0 Å². The van der Waals surface area contributed by atoms with E-state index < -0.39 is 0 Å². The van der Waals surface area contributed by atoms with Gasteiger partial charge >= 0.3 is 0 Å². The van der Waals surface area contributed by atoms with E-state index in [0.29, 0.717) is 0 Å². The molecule has 0 spiro atoms. The van der Waals surface area contributed by atoms with Crippen LogP contribution in [0.15, 0.2) is 36.4 Å². The number of nitrogens with zero attached hydrogens (tertiary/aromatic N) is 2. The Bertz CT molecular complexity index is 933. The summed E-state index contributed by atoms with van der Waals surface area (Å²) >= 11 is 0. The summed E-state index contributed by atoms with van der Waals surface area (Å²) in [4.78, 5) is 2.61. The molecule has 5 rings (SSSR count). The Hall–Kier alpha value is -2.22. The van der Waals surface area contributed by atoms with Crippen molar-refractivity contribution in [3.8, 4) is 11.3 Å². The van der Waals surface area contributed by atoms with E-state index in [1.807, 2.05) is 27.7 Å². The molecular formula is C25H34N2. The molecule has 1 aromatic heterocycles. The van der Waals surface area contributed by atoms with Crippen LogP contribution >= 0.6 is 0 Å². The van der Waals surface area contributed by atoms with Gasteiger partial charge in [0.15, 0.2) is 0 Å². The summed E-state index contributed by atoms with van der Waals surface area (Å²) in [5, 5.41) is 1.41. The minimum absolute atomic E-state index is 1.11. The van der Waals surface area contributed by atoms with Crippen molar-refractivity contribution < 1.29 is 0 Å². The maximum atomic E-state index is 2.61. The van der Waals surface area contributed by atoms with Crippen LogP contribution in [0.2, 0.25) is 0 Å². The van der Waals surface area contributed by atoms with Crippen molar-refractivity contribution in [1.29, 1.82) is 0 Å². The molecule has 2 aliphatic rings. The molecule has 3 aromatic rings. The number of fused-ring (bicyclic) bond motifs is 4. The van der Waals surface area contributed by atoms with Crippen LogP contribution in [0.3, 0.4) is 0 Å². The van der Waals surface area contributed by atoms with Crippen molar-refractivity contribution in [3.63, 3.8) is 0 Å². The van der Waals surface area contributed by atoms with E-state index in [-0.39, 0.29) is 0 Å². The van der Waals surface area contributed by atoms with Gasteiger partial charge in [-0.05, 0) is 49.4 Å². The van der Waals surface area contributed by atoms with Crippen LogP contribution in [0.25, 0.3) is 22.2 Å². The number of benzene rings is 2. The molecule has 2 heteroatoms. The summed E-state index contributed by atoms with van der Waals surface area (Å²) in [5.74, 6) is 0. The van der Waals surface area contributed by atoms with Crippen LogP contribution in [0, 0.1) is 13.8 Å². The molecule has 0 aliphatic carbocycles. The molecule has 0 fully saturated rings. The van der Waals surface area contributed by atoms with E-state index in [1.54, 1.807) is 0 Å². The van der Waals surface area contributed by atoms with Gasteiger partial charge in [0, 0.05) is 41.8 Å². The van der Waals surface area contributed by atoms with E-state index in [9.17, 15) is 0 Å². The molecule has 3 heterocycles. The van der Waals surface area contributed by atoms with Gasteiger partial charge in [0.1, 0.15) is 0 Å². The van der Waals surface area contributed by atoms with Gasteiger partial charge in [0.25, 0.3) is 0 Å². The summed E-state index contributed by atoms with van der Waals surface area (Å²) in [6, 6.07) is 13.8. The molecule has 0 saturated heterocycles. The third kappa shape index (κ3) is 3.16. The average Bonchev–Trinajstić information content (AvgIpc) is 3.22.